The van der Waals surface area contributed by atoms with E-state index in [2.05, 4.69) is 31.2 Å². The Morgan fingerprint density at radius 3 is 2.52 bits per heavy atom. The van der Waals surface area contributed by atoms with E-state index in [1.54, 1.807) is 62.1 Å². The molecule has 0 radical (unpaired) electrons. The second-order valence-electron chi connectivity index (χ2n) is 6.47. The lowest BCUT2D eigenvalue weighted by molar-refractivity contribution is 0.102. The number of halogens is 1. The number of hydrogen-bond donors (Lipinski definition) is 1. The molecule has 8 nitrogen and oxygen atoms in total. The molecule has 0 spiro atoms. The Morgan fingerprint density at radius 1 is 1.06 bits per heavy atom. The third kappa shape index (κ3) is 3.38. The number of nitrogens with one attached hydrogen (secondary N) is 1. The first-order chi connectivity index (χ1) is 15.2. The van der Waals surface area contributed by atoms with Crippen LogP contribution in [-0.2, 0) is 0 Å². The van der Waals surface area contributed by atoms with Crippen LogP contribution in [0.1, 0.15) is 10.4 Å². The summed E-state index contributed by atoms with van der Waals surface area (Å²) >= 11 is 3.40. The molecule has 4 heterocycles. The summed E-state index contributed by atoms with van der Waals surface area (Å²) < 4.78 is 23.0. The number of hydrogen-bond acceptors (Lipinski definition) is 7. The molecule has 0 fully saturated rings. The molecular weight excluding hydrogens is 466 g/mol. The van der Waals surface area contributed by atoms with Crippen LogP contribution in [0.25, 0.3) is 33.9 Å². The van der Waals surface area contributed by atoms with Gasteiger partial charge in [-0.05, 0) is 58.4 Å². The number of carbonyl (C=O) groups is 1. The van der Waals surface area contributed by atoms with E-state index < -0.39 is 0 Å². The molecule has 0 unspecified atom stereocenters. The first-order valence-corrected chi connectivity index (χ1v) is 9.95. The maximum atomic E-state index is 12.9. The van der Waals surface area contributed by atoms with Crippen LogP contribution >= 0.6 is 15.9 Å². The summed E-state index contributed by atoms with van der Waals surface area (Å²) in [6.07, 6.45) is 4.42. The van der Waals surface area contributed by atoms with Gasteiger partial charge < -0.3 is 23.3 Å². The van der Waals surface area contributed by atoms with Crippen LogP contribution in [0.3, 0.4) is 0 Å². The fraction of sp³-hybridized carbons (Fsp3) is 0.0455. The smallest absolute Gasteiger partial charge is 0.256 e. The van der Waals surface area contributed by atoms with E-state index in [9.17, 15) is 4.79 Å². The lowest BCUT2D eigenvalue weighted by atomic mass is 10.1. The minimum atomic E-state index is -0.352. The highest BCUT2D eigenvalue weighted by Crippen LogP contribution is 2.42. The maximum Gasteiger partial charge on any atom is 0.256 e. The normalized spacial score (nSPS) is 11.0. The molecule has 31 heavy (non-hydrogen) atoms. The number of methoxy groups -OCH3 is 1. The largest absolute Gasteiger partial charge is 0.496 e. The zero-order chi connectivity index (χ0) is 21.4. The molecule has 0 saturated heterocycles. The fourth-order valence-corrected chi connectivity index (χ4v) is 3.79. The number of carbonyl (C=O) groups excluding carboxylic acids is 1. The maximum absolute atomic E-state index is 12.9. The van der Waals surface area contributed by atoms with Gasteiger partial charge in [0.1, 0.15) is 23.7 Å². The summed E-state index contributed by atoms with van der Waals surface area (Å²) in [7, 11) is 1.56. The third-order valence-electron chi connectivity index (χ3n) is 4.65. The van der Waals surface area contributed by atoms with Gasteiger partial charge in [-0.25, -0.2) is 9.97 Å². The number of furan rings is 3. The molecule has 0 aliphatic rings. The molecule has 0 aliphatic heterocycles. The number of benzene rings is 1. The molecule has 5 aromatic rings. The highest BCUT2D eigenvalue weighted by molar-refractivity contribution is 9.10. The van der Waals surface area contributed by atoms with E-state index in [1.807, 2.05) is 0 Å². The lowest BCUT2D eigenvalue weighted by Gasteiger charge is -2.08. The van der Waals surface area contributed by atoms with Crippen LogP contribution < -0.4 is 10.1 Å². The Hall–Kier alpha value is -3.85. The minimum absolute atomic E-state index is 0.287. The molecule has 9 heteroatoms. The van der Waals surface area contributed by atoms with Gasteiger partial charge in [0.05, 0.1) is 35.1 Å². The van der Waals surface area contributed by atoms with Gasteiger partial charge in [0.15, 0.2) is 11.5 Å². The molecule has 0 aliphatic carbocycles. The van der Waals surface area contributed by atoms with Crippen molar-refractivity contribution in [3.8, 4) is 28.6 Å². The number of anilines is 1. The number of nitrogens with zero attached hydrogens (tertiary/aromatic N) is 2. The van der Waals surface area contributed by atoms with E-state index >= 15 is 0 Å². The molecule has 4 aromatic heterocycles. The van der Waals surface area contributed by atoms with Gasteiger partial charge in [-0.2, -0.15) is 0 Å². The zero-order valence-electron chi connectivity index (χ0n) is 16.1. The van der Waals surface area contributed by atoms with Crippen molar-refractivity contribution in [1.29, 1.82) is 0 Å². The molecule has 1 N–H and O–H groups in total. The van der Waals surface area contributed by atoms with Crippen molar-refractivity contribution in [2.75, 3.05) is 12.4 Å². The molecule has 5 rings (SSSR count). The average molecular weight is 480 g/mol. The Morgan fingerprint density at radius 2 is 1.84 bits per heavy atom. The van der Waals surface area contributed by atoms with Crippen molar-refractivity contribution < 1.29 is 22.8 Å². The monoisotopic (exact) mass is 479 g/mol. The average Bonchev–Trinajstić information content (AvgIpc) is 3.53. The standard InChI is InChI=1S/C22H14BrN3O5/c1-28-14-7-6-12(10-13(14)23)21(27)26-20-18-17(15-4-2-8-29-15)19(16-5-3-9-30-16)31-22(18)25-11-24-20/h2-11H,1H3,(H,24,25,26,27). The molecular formula is C22H14BrN3O5. The van der Waals surface area contributed by atoms with Crippen molar-refractivity contribution in [2.24, 2.45) is 0 Å². The SMILES string of the molecule is COc1ccc(C(=O)Nc2ncnc3oc(-c4ccco4)c(-c4ccco4)c23)cc1Br. The van der Waals surface area contributed by atoms with Gasteiger partial charge in [0.25, 0.3) is 5.91 Å². The summed E-state index contributed by atoms with van der Waals surface area (Å²) in [4.78, 5) is 21.4. The van der Waals surface area contributed by atoms with Gasteiger partial charge in [-0.15, -0.1) is 0 Å². The number of aromatic nitrogens is 2. The molecule has 0 atom stereocenters. The first-order valence-electron chi connectivity index (χ1n) is 9.16. The Kier molecular flexibility index (Phi) is 4.79. The summed E-state index contributed by atoms with van der Waals surface area (Å²) in [6.45, 7) is 0. The predicted octanol–water partition coefficient (Wildman–Crippen LogP) is 5.77. The van der Waals surface area contributed by atoms with Crippen molar-refractivity contribution in [3.05, 3.63) is 71.4 Å². The quantitative estimate of drug-likeness (QED) is 0.341. The number of amides is 1. The first kappa shape index (κ1) is 19.1. The van der Waals surface area contributed by atoms with Gasteiger partial charge in [0.2, 0.25) is 5.71 Å². The molecule has 0 saturated carbocycles. The van der Waals surface area contributed by atoms with Gasteiger partial charge in [-0.3, -0.25) is 4.79 Å². The van der Waals surface area contributed by atoms with Gasteiger partial charge >= 0.3 is 0 Å². The minimum Gasteiger partial charge on any atom is -0.496 e. The zero-order valence-corrected chi connectivity index (χ0v) is 17.7. The summed E-state index contributed by atoms with van der Waals surface area (Å²) in [6, 6.07) is 12.1. The highest BCUT2D eigenvalue weighted by atomic mass is 79.9. The van der Waals surface area contributed by atoms with Crippen molar-refractivity contribution in [1.82, 2.24) is 9.97 Å². The van der Waals surface area contributed by atoms with Crippen LogP contribution in [-0.4, -0.2) is 23.0 Å². The van der Waals surface area contributed by atoms with E-state index in [4.69, 9.17) is 18.0 Å². The molecule has 1 amide bonds. The summed E-state index contributed by atoms with van der Waals surface area (Å²) in [5, 5.41) is 3.35. The number of fused-ring (bicyclic) bond motifs is 1. The van der Waals surface area contributed by atoms with Crippen molar-refractivity contribution in [2.45, 2.75) is 0 Å². The van der Waals surface area contributed by atoms with Crippen LogP contribution in [0, 0.1) is 0 Å². The topological polar surface area (TPSA) is 104 Å². The van der Waals surface area contributed by atoms with Gasteiger partial charge in [-0.1, -0.05) is 0 Å². The lowest BCUT2D eigenvalue weighted by Crippen LogP contribution is -2.13. The van der Waals surface area contributed by atoms with E-state index in [0.29, 0.717) is 49.7 Å². The van der Waals surface area contributed by atoms with E-state index in [1.165, 1.54) is 6.33 Å². The van der Waals surface area contributed by atoms with Gasteiger partial charge in [0, 0.05) is 5.56 Å². The Labute approximate surface area is 184 Å². The van der Waals surface area contributed by atoms with Crippen molar-refractivity contribution in [3.63, 3.8) is 0 Å². The van der Waals surface area contributed by atoms with E-state index in [0.717, 1.165) is 0 Å². The third-order valence-corrected chi connectivity index (χ3v) is 5.27. The second-order valence-corrected chi connectivity index (χ2v) is 7.32. The van der Waals surface area contributed by atoms with E-state index in [-0.39, 0.29) is 11.7 Å². The van der Waals surface area contributed by atoms with Crippen molar-refractivity contribution >= 4 is 38.8 Å². The molecule has 0 bridgehead atoms. The molecule has 154 valence electrons. The Balaban J connectivity index is 1.63. The van der Waals surface area contributed by atoms with Crippen LogP contribution in [0.4, 0.5) is 5.82 Å². The van der Waals surface area contributed by atoms with Crippen LogP contribution in [0.2, 0.25) is 0 Å². The summed E-state index contributed by atoms with van der Waals surface area (Å²) in [5.41, 5.74) is 1.30. The van der Waals surface area contributed by atoms with Crippen LogP contribution in [0.15, 0.2) is 79.0 Å². The summed E-state index contributed by atoms with van der Waals surface area (Å²) in [5.74, 6) is 2.02. The number of ether oxygens (including phenoxy) is 1. The highest BCUT2D eigenvalue weighted by Gasteiger charge is 2.26. The fourth-order valence-electron chi connectivity index (χ4n) is 3.25. The predicted molar refractivity (Wildman–Crippen MR) is 116 cm³/mol. The van der Waals surface area contributed by atoms with Crippen LogP contribution in [0.5, 0.6) is 5.75 Å². The Bertz CT molecular complexity index is 1370. The molecule has 1 aromatic carbocycles. The number of rotatable bonds is 5. The second kappa shape index (κ2) is 7.77.